The molecule has 69 heavy (non-hydrogen) atoms. The summed E-state index contributed by atoms with van der Waals surface area (Å²) in [6.45, 7) is 0. The molecule has 0 aliphatic heterocycles. The van der Waals surface area contributed by atoms with Crippen molar-refractivity contribution in [1.82, 2.24) is 28.7 Å². The lowest BCUT2D eigenvalue weighted by Crippen LogP contribution is -2.06. The summed E-state index contributed by atoms with van der Waals surface area (Å²) >= 11 is 0. The van der Waals surface area contributed by atoms with Gasteiger partial charge in [-0.3, -0.25) is 4.57 Å². The number of fused-ring (bicyclic) bond motifs is 9. The van der Waals surface area contributed by atoms with Gasteiger partial charge in [0.1, 0.15) is 0 Å². The molecule has 0 fully saturated rings. The molecule has 0 atom stereocenters. The molecule has 4 aromatic heterocycles. The molecule has 14 aromatic rings. The number of hydrogen-bond donors (Lipinski definition) is 0. The van der Waals surface area contributed by atoms with Crippen LogP contribution in [0.2, 0.25) is 0 Å². The molecule has 4 heterocycles. The summed E-state index contributed by atoms with van der Waals surface area (Å²) in [6, 6.07) is 86.3. The highest BCUT2D eigenvalue weighted by Crippen LogP contribution is 2.40. The van der Waals surface area contributed by atoms with Crippen LogP contribution in [0.5, 0.6) is 0 Å². The van der Waals surface area contributed by atoms with Gasteiger partial charge in [-0.1, -0.05) is 176 Å². The Labute approximate surface area is 397 Å². The molecule has 14 rings (SSSR count). The Bertz CT molecular complexity index is 4170. The highest BCUT2D eigenvalue weighted by molar-refractivity contribution is 6.11. The van der Waals surface area contributed by atoms with Crippen molar-refractivity contribution in [3.8, 4) is 62.4 Å². The van der Waals surface area contributed by atoms with Gasteiger partial charge in [0.25, 0.3) is 0 Å². The fourth-order valence-electron chi connectivity index (χ4n) is 10.6. The first-order valence-electron chi connectivity index (χ1n) is 23.4. The van der Waals surface area contributed by atoms with E-state index in [9.17, 15) is 0 Å². The van der Waals surface area contributed by atoms with E-state index in [1.54, 1.807) is 0 Å². The van der Waals surface area contributed by atoms with Crippen LogP contribution in [-0.2, 0) is 0 Å². The molecule has 0 saturated heterocycles. The summed E-state index contributed by atoms with van der Waals surface area (Å²) in [5, 5.41) is 7.15. The van der Waals surface area contributed by atoms with E-state index in [0.717, 1.165) is 88.6 Å². The Morgan fingerprint density at radius 1 is 0.246 bits per heavy atom. The third kappa shape index (κ3) is 6.23. The third-order valence-electron chi connectivity index (χ3n) is 13.7. The standard InChI is InChI=1S/C63H40N6/c1-2-18-41(19-3-1)42-36-37-60(68-56-32-12-6-26-49(56)50-27-7-13-33-57(50)68)53(40-42)43-20-16-21-44(38-43)61-64-62(66-63(65-61)69-58-34-14-8-28-51(58)52-29-9-15-35-59(52)69)45-22-17-23-46(39-45)67-54-30-10-4-24-47(54)48-25-5-11-31-55(48)67/h1-40H. The minimum Gasteiger partial charge on any atom is -0.309 e. The summed E-state index contributed by atoms with van der Waals surface area (Å²) in [5.74, 6) is 1.72. The lowest BCUT2D eigenvalue weighted by atomic mass is 9.96. The second kappa shape index (κ2) is 15.6. The fraction of sp³-hybridized carbons (Fsp3) is 0. The lowest BCUT2D eigenvalue weighted by molar-refractivity contribution is 0.953. The van der Waals surface area contributed by atoms with Crippen molar-refractivity contribution in [3.63, 3.8) is 0 Å². The molecule has 0 radical (unpaired) electrons. The van der Waals surface area contributed by atoms with Crippen molar-refractivity contribution in [3.05, 3.63) is 243 Å². The molecule has 322 valence electrons. The van der Waals surface area contributed by atoms with E-state index in [0.29, 0.717) is 17.6 Å². The number of rotatable bonds is 7. The number of benzene rings is 10. The smallest absolute Gasteiger partial charge is 0.238 e. The van der Waals surface area contributed by atoms with Gasteiger partial charge < -0.3 is 9.13 Å². The fourth-order valence-corrected chi connectivity index (χ4v) is 10.6. The van der Waals surface area contributed by atoms with E-state index >= 15 is 0 Å². The van der Waals surface area contributed by atoms with E-state index in [1.165, 1.54) is 21.5 Å². The first kappa shape index (κ1) is 38.8. The molecule has 0 amide bonds. The molecule has 0 aliphatic rings. The predicted molar refractivity (Wildman–Crippen MR) is 285 cm³/mol. The van der Waals surface area contributed by atoms with Crippen LogP contribution in [0.4, 0.5) is 0 Å². The van der Waals surface area contributed by atoms with Gasteiger partial charge in [-0.05, 0) is 83.4 Å². The molecule has 0 aliphatic carbocycles. The van der Waals surface area contributed by atoms with Gasteiger partial charge in [0.05, 0.1) is 38.8 Å². The first-order chi connectivity index (χ1) is 34.2. The molecule has 0 bridgehead atoms. The van der Waals surface area contributed by atoms with Crippen molar-refractivity contribution in [2.45, 2.75) is 0 Å². The largest absolute Gasteiger partial charge is 0.309 e. The SMILES string of the molecule is c1ccc(-c2ccc(-n3c4ccccc4c4ccccc43)c(-c3cccc(-c4nc(-c5cccc(-n6c7ccccc7c7ccccc76)c5)nc(-n5c6ccccc6c6ccccc65)n4)c3)c2)cc1. The predicted octanol–water partition coefficient (Wildman–Crippen LogP) is 15.8. The Morgan fingerprint density at radius 3 is 1.17 bits per heavy atom. The summed E-state index contributed by atoms with van der Waals surface area (Å²) in [6.07, 6.45) is 0. The van der Waals surface area contributed by atoms with E-state index < -0.39 is 0 Å². The van der Waals surface area contributed by atoms with Gasteiger partial charge in [0, 0.05) is 54.7 Å². The molecule has 6 heteroatoms. The van der Waals surface area contributed by atoms with Crippen LogP contribution in [-0.4, -0.2) is 28.7 Å². The second-order valence-electron chi connectivity index (χ2n) is 17.6. The van der Waals surface area contributed by atoms with E-state index in [4.69, 9.17) is 15.0 Å². The van der Waals surface area contributed by atoms with Crippen LogP contribution >= 0.6 is 0 Å². The Kier molecular flexibility index (Phi) is 8.79. The van der Waals surface area contributed by atoms with Crippen molar-refractivity contribution >= 4 is 65.4 Å². The number of nitrogens with zero attached hydrogens (tertiary/aromatic N) is 6. The number of hydrogen-bond acceptors (Lipinski definition) is 3. The van der Waals surface area contributed by atoms with Crippen molar-refractivity contribution in [1.29, 1.82) is 0 Å². The van der Waals surface area contributed by atoms with Crippen molar-refractivity contribution in [2.75, 3.05) is 0 Å². The number of para-hydroxylation sites is 6. The first-order valence-corrected chi connectivity index (χ1v) is 23.4. The maximum absolute atomic E-state index is 5.41. The molecule has 0 N–H and O–H groups in total. The Morgan fingerprint density at radius 2 is 0.652 bits per heavy atom. The molecule has 10 aromatic carbocycles. The van der Waals surface area contributed by atoms with Gasteiger partial charge in [0.2, 0.25) is 5.95 Å². The van der Waals surface area contributed by atoms with E-state index in [2.05, 4.69) is 256 Å². The molecular formula is C63H40N6. The minimum absolute atomic E-state index is 0.553. The summed E-state index contributed by atoms with van der Waals surface area (Å²) in [7, 11) is 0. The zero-order valence-electron chi connectivity index (χ0n) is 37.3. The molecule has 0 unspecified atom stereocenters. The quantitative estimate of drug-likeness (QED) is 0.160. The maximum atomic E-state index is 5.41. The molecular weight excluding hydrogens is 841 g/mol. The van der Waals surface area contributed by atoms with E-state index in [1.807, 2.05) is 0 Å². The summed E-state index contributed by atoms with van der Waals surface area (Å²) < 4.78 is 6.93. The lowest BCUT2D eigenvalue weighted by Gasteiger charge is -2.17. The van der Waals surface area contributed by atoms with Gasteiger partial charge in [-0.25, -0.2) is 4.98 Å². The van der Waals surface area contributed by atoms with Crippen LogP contribution in [0.25, 0.3) is 128 Å². The third-order valence-corrected chi connectivity index (χ3v) is 13.7. The summed E-state index contributed by atoms with van der Waals surface area (Å²) in [4.78, 5) is 16.2. The normalized spacial score (nSPS) is 11.8. The van der Waals surface area contributed by atoms with Crippen molar-refractivity contribution < 1.29 is 0 Å². The van der Waals surface area contributed by atoms with E-state index in [-0.39, 0.29) is 0 Å². The maximum Gasteiger partial charge on any atom is 0.238 e. The van der Waals surface area contributed by atoms with Gasteiger partial charge in [-0.2, -0.15) is 9.97 Å². The summed E-state index contributed by atoms with van der Waals surface area (Å²) in [5.41, 5.74) is 15.0. The molecule has 0 spiro atoms. The highest BCUT2D eigenvalue weighted by Gasteiger charge is 2.21. The highest BCUT2D eigenvalue weighted by atomic mass is 15.2. The van der Waals surface area contributed by atoms with Crippen LogP contribution < -0.4 is 0 Å². The molecule has 6 nitrogen and oxygen atoms in total. The topological polar surface area (TPSA) is 53.5 Å². The monoisotopic (exact) mass is 880 g/mol. The zero-order chi connectivity index (χ0) is 45.4. The molecule has 0 saturated carbocycles. The van der Waals surface area contributed by atoms with Crippen LogP contribution in [0.1, 0.15) is 0 Å². The van der Waals surface area contributed by atoms with Gasteiger partial charge in [-0.15, -0.1) is 0 Å². The number of aromatic nitrogens is 6. The zero-order valence-corrected chi connectivity index (χ0v) is 37.3. The van der Waals surface area contributed by atoms with Crippen LogP contribution in [0.15, 0.2) is 243 Å². The van der Waals surface area contributed by atoms with Crippen LogP contribution in [0.3, 0.4) is 0 Å². The van der Waals surface area contributed by atoms with Gasteiger partial charge in [0.15, 0.2) is 11.6 Å². The Hall–Kier alpha value is -9.39. The second-order valence-corrected chi connectivity index (χ2v) is 17.6. The average Bonchev–Trinajstić information content (AvgIpc) is 4.07. The average molecular weight is 881 g/mol. The Balaban J connectivity index is 0.997. The van der Waals surface area contributed by atoms with Crippen LogP contribution in [0, 0.1) is 0 Å². The van der Waals surface area contributed by atoms with Gasteiger partial charge >= 0.3 is 0 Å². The van der Waals surface area contributed by atoms with Crippen molar-refractivity contribution in [2.24, 2.45) is 0 Å². The minimum atomic E-state index is 0.553.